The molecule has 0 spiro atoms. The van der Waals surface area contributed by atoms with E-state index in [1.807, 2.05) is 14.0 Å². The first kappa shape index (κ1) is 16.7. The Morgan fingerprint density at radius 2 is 2.19 bits per heavy atom. The van der Waals surface area contributed by atoms with Gasteiger partial charge in [-0.15, -0.1) is 11.6 Å². The van der Waals surface area contributed by atoms with Gasteiger partial charge in [-0.2, -0.15) is 9.40 Å². The van der Waals surface area contributed by atoms with Crippen molar-refractivity contribution in [3.8, 4) is 0 Å². The number of halogens is 1. The highest BCUT2D eigenvalue weighted by molar-refractivity contribution is 7.89. The van der Waals surface area contributed by atoms with Gasteiger partial charge < -0.3 is 4.90 Å². The SMILES string of the molecule is CCC1CN(C)CCCN1S(=O)(=O)c1cnn(CCCl)c1. The van der Waals surface area contributed by atoms with Crippen molar-refractivity contribution in [2.75, 3.05) is 32.6 Å². The second-order valence-electron chi connectivity index (χ2n) is 5.42. The molecule has 1 aliphatic rings. The Balaban J connectivity index is 2.27. The summed E-state index contributed by atoms with van der Waals surface area (Å²) in [5, 5.41) is 4.07. The molecule has 0 aliphatic carbocycles. The van der Waals surface area contributed by atoms with Crippen LogP contribution < -0.4 is 0 Å². The fraction of sp³-hybridized carbons (Fsp3) is 0.769. The zero-order valence-electron chi connectivity index (χ0n) is 12.6. The number of likely N-dealkylation sites (N-methyl/N-ethyl adjacent to an activating group) is 1. The van der Waals surface area contributed by atoms with Gasteiger partial charge in [0.15, 0.2) is 0 Å². The van der Waals surface area contributed by atoms with E-state index >= 15 is 0 Å². The van der Waals surface area contributed by atoms with Gasteiger partial charge >= 0.3 is 0 Å². The van der Waals surface area contributed by atoms with Crippen LogP contribution in [0.2, 0.25) is 0 Å². The average molecular weight is 335 g/mol. The average Bonchev–Trinajstić information content (AvgIpc) is 2.82. The summed E-state index contributed by atoms with van der Waals surface area (Å²) in [6, 6.07) is 0.0128. The lowest BCUT2D eigenvalue weighted by molar-refractivity contribution is 0.270. The van der Waals surface area contributed by atoms with Crippen LogP contribution >= 0.6 is 11.6 Å². The van der Waals surface area contributed by atoms with E-state index in [2.05, 4.69) is 10.00 Å². The Morgan fingerprint density at radius 1 is 1.43 bits per heavy atom. The van der Waals surface area contributed by atoms with Gasteiger partial charge in [0.25, 0.3) is 0 Å². The molecule has 0 bridgehead atoms. The summed E-state index contributed by atoms with van der Waals surface area (Å²) < 4.78 is 28.9. The molecule has 2 heterocycles. The van der Waals surface area contributed by atoms with Gasteiger partial charge in [-0.25, -0.2) is 8.42 Å². The first-order valence-corrected chi connectivity index (χ1v) is 9.25. The van der Waals surface area contributed by atoms with Crippen LogP contribution in [0.4, 0.5) is 0 Å². The number of nitrogens with zero attached hydrogens (tertiary/aromatic N) is 4. The summed E-state index contributed by atoms with van der Waals surface area (Å²) in [5.74, 6) is 0.410. The zero-order chi connectivity index (χ0) is 15.5. The second-order valence-corrected chi connectivity index (χ2v) is 7.69. The van der Waals surface area contributed by atoms with Crippen LogP contribution in [0.15, 0.2) is 17.3 Å². The summed E-state index contributed by atoms with van der Waals surface area (Å²) >= 11 is 5.67. The Kier molecular flexibility index (Phi) is 5.65. The lowest BCUT2D eigenvalue weighted by atomic mass is 10.2. The monoisotopic (exact) mass is 334 g/mol. The van der Waals surface area contributed by atoms with E-state index in [1.165, 1.54) is 6.20 Å². The predicted molar refractivity (Wildman–Crippen MR) is 83.0 cm³/mol. The third-order valence-electron chi connectivity index (χ3n) is 3.85. The van der Waals surface area contributed by atoms with Crippen LogP contribution in [-0.2, 0) is 16.6 Å². The van der Waals surface area contributed by atoms with Gasteiger partial charge in [0.2, 0.25) is 10.0 Å². The summed E-state index contributed by atoms with van der Waals surface area (Å²) in [6.07, 6.45) is 4.64. The molecule has 1 aromatic rings. The maximum absolute atomic E-state index is 12.9. The molecule has 1 aromatic heterocycles. The van der Waals surface area contributed by atoms with E-state index in [0.29, 0.717) is 19.0 Å². The van der Waals surface area contributed by atoms with Crippen LogP contribution in [-0.4, -0.2) is 66.0 Å². The number of aryl methyl sites for hydroxylation is 1. The second kappa shape index (κ2) is 7.09. The van der Waals surface area contributed by atoms with Crippen LogP contribution in [0.3, 0.4) is 0 Å². The Morgan fingerprint density at radius 3 is 2.86 bits per heavy atom. The smallest absolute Gasteiger partial charge is 0.246 e. The maximum atomic E-state index is 12.9. The van der Waals surface area contributed by atoms with Gasteiger partial charge in [0.1, 0.15) is 4.90 Å². The van der Waals surface area contributed by atoms with Gasteiger partial charge in [-0.05, 0) is 26.4 Å². The molecule has 120 valence electrons. The zero-order valence-corrected chi connectivity index (χ0v) is 14.1. The summed E-state index contributed by atoms with van der Waals surface area (Å²) in [5.41, 5.74) is 0. The molecule has 0 amide bonds. The van der Waals surface area contributed by atoms with Crippen molar-refractivity contribution < 1.29 is 8.42 Å². The van der Waals surface area contributed by atoms with Gasteiger partial charge in [-0.1, -0.05) is 6.92 Å². The highest BCUT2D eigenvalue weighted by Gasteiger charge is 2.33. The molecule has 1 unspecified atom stereocenters. The molecule has 0 saturated carbocycles. The molecule has 0 aromatic carbocycles. The summed E-state index contributed by atoms with van der Waals surface area (Å²) in [7, 11) is -1.45. The minimum absolute atomic E-state index is 0.0128. The first-order chi connectivity index (χ1) is 9.98. The molecular weight excluding hydrogens is 312 g/mol. The van der Waals surface area contributed by atoms with Crippen LogP contribution in [0.1, 0.15) is 19.8 Å². The van der Waals surface area contributed by atoms with E-state index in [1.54, 1.807) is 15.2 Å². The molecule has 2 rings (SSSR count). The van der Waals surface area contributed by atoms with Gasteiger partial charge in [-0.3, -0.25) is 4.68 Å². The highest BCUT2D eigenvalue weighted by Crippen LogP contribution is 2.22. The highest BCUT2D eigenvalue weighted by atomic mass is 35.5. The minimum atomic E-state index is -3.49. The van der Waals surface area contributed by atoms with Crippen molar-refractivity contribution in [1.82, 2.24) is 19.0 Å². The fourth-order valence-corrected chi connectivity index (χ4v) is 4.55. The van der Waals surface area contributed by atoms with E-state index < -0.39 is 10.0 Å². The number of sulfonamides is 1. The molecule has 0 N–H and O–H groups in total. The molecule has 21 heavy (non-hydrogen) atoms. The van der Waals surface area contributed by atoms with Crippen molar-refractivity contribution in [3.05, 3.63) is 12.4 Å². The van der Waals surface area contributed by atoms with Crippen LogP contribution in [0, 0.1) is 0 Å². The number of hydrogen-bond acceptors (Lipinski definition) is 4. The first-order valence-electron chi connectivity index (χ1n) is 7.27. The maximum Gasteiger partial charge on any atom is 0.246 e. The minimum Gasteiger partial charge on any atom is -0.305 e. The van der Waals surface area contributed by atoms with E-state index in [-0.39, 0.29) is 10.9 Å². The quantitative estimate of drug-likeness (QED) is 0.760. The fourth-order valence-electron chi connectivity index (χ4n) is 2.69. The molecule has 8 heteroatoms. The molecule has 0 radical (unpaired) electrons. The molecule has 6 nitrogen and oxygen atoms in total. The van der Waals surface area contributed by atoms with Crippen molar-refractivity contribution in [2.24, 2.45) is 0 Å². The van der Waals surface area contributed by atoms with Crippen molar-refractivity contribution in [1.29, 1.82) is 0 Å². The molecule has 1 fully saturated rings. The Labute approximate surface area is 131 Å². The van der Waals surface area contributed by atoms with E-state index in [0.717, 1.165) is 25.9 Å². The topological polar surface area (TPSA) is 58.4 Å². The third-order valence-corrected chi connectivity index (χ3v) is 5.92. The van der Waals surface area contributed by atoms with Crippen molar-refractivity contribution in [3.63, 3.8) is 0 Å². The number of alkyl halides is 1. The number of rotatable bonds is 5. The lowest BCUT2D eigenvalue weighted by Crippen LogP contribution is -2.43. The largest absolute Gasteiger partial charge is 0.305 e. The predicted octanol–water partition coefficient (Wildman–Crippen LogP) is 1.23. The summed E-state index contributed by atoms with van der Waals surface area (Å²) in [4.78, 5) is 2.45. The van der Waals surface area contributed by atoms with Crippen LogP contribution in [0.5, 0.6) is 0 Å². The number of hydrogen-bond donors (Lipinski definition) is 0. The normalized spacial score (nSPS) is 22.3. The lowest BCUT2D eigenvalue weighted by Gasteiger charge is -2.28. The van der Waals surface area contributed by atoms with Gasteiger partial charge in [0, 0.05) is 31.2 Å². The van der Waals surface area contributed by atoms with E-state index in [9.17, 15) is 8.42 Å². The third kappa shape index (κ3) is 3.77. The standard InChI is InChI=1S/C13H23ClN4O2S/c1-3-12-10-16(2)6-4-7-18(12)21(19,20)13-9-15-17(11-13)8-5-14/h9,11-12H,3-8,10H2,1-2H3. The number of aromatic nitrogens is 2. The molecule has 1 saturated heterocycles. The van der Waals surface area contributed by atoms with Crippen molar-refractivity contribution >= 4 is 21.6 Å². The summed E-state index contributed by atoms with van der Waals surface area (Å²) in [6.45, 7) is 4.80. The molecule has 1 atom stereocenters. The molecular formula is C13H23ClN4O2S. The molecule has 1 aliphatic heterocycles. The Bertz CT molecular complexity index is 560. The van der Waals surface area contributed by atoms with Gasteiger partial charge in [0.05, 0.1) is 12.7 Å². The van der Waals surface area contributed by atoms with E-state index in [4.69, 9.17) is 11.6 Å². The van der Waals surface area contributed by atoms with Crippen LogP contribution in [0.25, 0.3) is 0 Å². The Hall–Kier alpha value is -0.630. The van der Waals surface area contributed by atoms with Crippen molar-refractivity contribution in [2.45, 2.75) is 37.2 Å².